The van der Waals surface area contributed by atoms with Gasteiger partial charge in [0.15, 0.2) is 5.76 Å². The first-order valence-electron chi connectivity index (χ1n) is 9.09. The van der Waals surface area contributed by atoms with Crippen molar-refractivity contribution in [3.63, 3.8) is 0 Å². The summed E-state index contributed by atoms with van der Waals surface area (Å²) in [4.78, 5) is 14.7. The molecular formula is C20H26N2O4. The van der Waals surface area contributed by atoms with Crippen molar-refractivity contribution < 1.29 is 18.8 Å². The SMILES string of the molecule is COCCN(Cc1cc(-c2cccc(OC)c2)on1)C(=O)C1CCCC1. The van der Waals surface area contributed by atoms with E-state index < -0.39 is 0 Å². The van der Waals surface area contributed by atoms with Crippen molar-refractivity contribution in [2.75, 3.05) is 27.4 Å². The van der Waals surface area contributed by atoms with E-state index in [0.717, 1.165) is 42.7 Å². The molecule has 0 radical (unpaired) electrons. The third-order valence-corrected chi connectivity index (χ3v) is 4.85. The molecule has 0 spiro atoms. The summed E-state index contributed by atoms with van der Waals surface area (Å²) in [5.74, 6) is 1.76. The van der Waals surface area contributed by atoms with E-state index in [0.29, 0.717) is 25.5 Å². The Kier molecular flexibility index (Phi) is 6.28. The maximum Gasteiger partial charge on any atom is 0.226 e. The second-order valence-electron chi connectivity index (χ2n) is 6.65. The van der Waals surface area contributed by atoms with Crippen LogP contribution < -0.4 is 4.74 Å². The number of ether oxygens (including phenoxy) is 2. The number of amides is 1. The first-order valence-corrected chi connectivity index (χ1v) is 9.09. The van der Waals surface area contributed by atoms with Gasteiger partial charge >= 0.3 is 0 Å². The molecule has 0 saturated heterocycles. The summed E-state index contributed by atoms with van der Waals surface area (Å²) in [6.07, 6.45) is 4.24. The molecule has 6 heteroatoms. The van der Waals surface area contributed by atoms with Gasteiger partial charge in [-0.15, -0.1) is 0 Å². The molecule has 0 bridgehead atoms. The lowest BCUT2D eigenvalue weighted by Gasteiger charge is -2.24. The molecule has 0 N–H and O–H groups in total. The van der Waals surface area contributed by atoms with Gasteiger partial charge in [0.25, 0.3) is 0 Å². The fourth-order valence-electron chi connectivity index (χ4n) is 3.39. The minimum Gasteiger partial charge on any atom is -0.497 e. The molecular weight excluding hydrogens is 332 g/mol. The largest absolute Gasteiger partial charge is 0.497 e. The van der Waals surface area contributed by atoms with Gasteiger partial charge < -0.3 is 18.9 Å². The van der Waals surface area contributed by atoms with Crippen molar-refractivity contribution in [3.05, 3.63) is 36.0 Å². The number of rotatable bonds is 8. The van der Waals surface area contributed by atoms with Crippen LogP contribution in [0.5, 0.6) is 5.75 Å². The number of hydrogen-bond donors (Lipinski definition) is 0. The van der Waals surface area contributed by atoms with Crippen molar-refractivity contribution in [3.8, 4) is 17.1 Å². The monoisotopic (exact) mass is 358 g/mol. The van der Waals surface area contributed by atoms with E-state index in [1.54, 1.807) is 14.2 Å². The summed E-state index contributed by atoms with van der Waals surface area (Å²) < 4.78 is 15.9. The molecule has 1 aromatic carbocycles. The Morgan fingerprint density at radius 2 is 2.08 bits per heavy atom. The number of nitrogens with zero attached hydrogens (tertiary/aromatic N) is 2. The van der Waals surface area contributed by atoms with E-state index in [9.17, 15) is 4.79 Å². The fourth-order valence-corrected chi connectivity index (χ4v) is 3.39. The number of carbonyl (C=O) groups excluding carboxylic acids is 1. The molecule has 0 aliphatic heterocycles. The van der Waals surface area contributed by atoms with Crippen molar-refractivity contribution in [2.24, 2.45) is 5.92 Å². The lowest BCUT2D eigenvalue weighted by molar-refractivity contribution is -0.136. The predicted octanol–water partition coefficient (Wildman–Crippen LogP) is 3.52. The molecule has 2 aromatic rings. The number of aromatic nitrogens is 1. The maximum absolute atomic E-state index is 12.8. The van der Waals surface area contributed by atoms with E-state index in [1.807, 2.05) is 35.2 Å². The first-order chi connectivity index (χ1) is 12.7. The van der Waals surface area contributed by atoms with E-state index >= 15 is 0 Å². The summed E-state index contributed by atoms with van der Waals surface area (Å²) in [6.45, 7) is 1.51. The molecule has 1 aliphatic rings. The summed E-state index contributed by atoms with van der Waals surface area (Å²) in [6, 6.07) is 9.52. The van der Waals surface area contributed by atoms with Crippen LogP contribution in [0.25, 0.3) is 11.3 Å². The highest BCUT2D eigenvalue weighted by Crippen LogP contribution is 2.28. The van der Waals surface area contributed by atoms with Gasteiger partial charge in [-0.2, -0.15) is 0 Å². The normalized spacial score (nSPS) is 14.5. The molecule has 26 heavy (non-hydrogen) atoms. The van der Waals surface area contributed by atoms with Gasteiger partial charge in [-0.3, -0.25) is 4.79 Å². The van der Waals surface area contributed by atoms with Gasteiger partial charge in [0.1, 0.15) is 11.4 Å². The molecule has 1 heterocycles. The van der Waals surface area contributed by atoms with E-state index in [4.69, 9.17) is 14.0 Å². The highest BCUT2D eigenvalue weighted by atomic mass is 16.5. The average Bonchev–Trinajstić information content (AvgIpc) is 3.36. The van der Waals surface area contributed by atoms with Crippen LogP contribution in [0.3, 0.4) is 0 Å². The number of benzene rings is 1. The average molecular weight is 358 g/mol. The first kappa shape index (κ1) is 18.5. The molecule has 1 fully saturated rings. The Morgan fingerprint density at radius 3 is 2.81 bits per heavy atom. The zero-order valence-corrected chi connectivity index (χ0v) is 15.4. The third kappa shape index (κ3) is 4.43. The highest BCUT2D eigenvalue weighted by Gasteiger charge is 2.27. The summed E-state index contributed by atoms with van der Waals surface area (Å²) in [7, 11) is 3.28. The number of carbonyl (C=O) groups is 1. The highest BCUT2D eigenvalue weighted by molar-refractivity contribution is 5.79. The van der Waals surface area contributed by atoms with Gasteiger partial charge in [-0.25, -0.2) is 0 Å². The zero-order valence-electron chi connectivity index (χ0n) is 15.4. The van der Waals surface area contributed by atoms with Gasteiger partial charge in [-0.05, 0) is 25.0 Å². The van der Waals surface area contributed by atoms with Crippen LogP contribution in [0.15, 0.2) is 34.9 Å². The molecule has 1 saturated carbocycles. The molecule has 140 valence electrons. The van der Waals surface area contributed by atoms with E-state index in [2.05, 4.69) is 5.16 Å². The van der Waals surface area contributed by atoms with Crippen LogP contribution in [0.1, 0.15) is 31.4 Å². The van der Waals surface area contributed by atoms with Gasteiger partial charge in [0.2, 0.25) is 5.91 Å². The van der Waals surface area contributed by atoms with E-state index in [-0.39, 0.29) is 11.8 Å². The second kappa shape index (κ2) is 8.85. The number of hydrogen-bond acceptors (Lipinski definition) is 5. The van der Waals surface area contributed by atoms with Crippen molar-refractivity contribution in [1.29, 1.82) is 0 Å². The maximum atomic E-state index is 12.8. The van der Waals surface area contributed by atoms with Crippen molar-refractivity contribution in [1.82, 2.24) is 10.1 Å². The van der Waals surface area contributed by atoms with Crippen LogP contribution in [0.4, 0.5) is 0 Å². The summed E-state index contributed by atoms with van der Waals surface area (Å²) in [5.41, 5.74) is 1.64. The quantitative estimate of drug-likeness (QED) is 0.722. The van der Waals surface area contributed by atoms with Crippen molar-refractivity contribution in [2.45, 2.75) is 32.2 Å². The van der Waals surface area contributed by atoms with Crippen molar-refractivity contribution >= 4 is 5.91 Å². The van der Waals surface area contributed by atoms with Crippen LogP contribution in [0, 0.1) is 5.92 Å². The third-order valence-electron chi connectivity index (χ3n) is 4.85. The van der Waals surface area contributed by atoms with Crippen LogP contribution in [-0.4, -0.2) is 43.3 Å². The van der Waals surface area contributed by atoms with E-state index in [1.165, 1.54) is 0 Å². The Morgan fingerprint density at radius 1 is 1.27 bits per heavy atom. The molecule has 0 atom stereocenters. The Balaban J connectivity index is 1.72. The lowest BCUT2D eigenvalue weighted by atomic mass is 10.1. The second-order valence-corrected chi connectivity index (χ2v) is 6.65. The molecule has 3 rings (SSSR count). The van der Waals surface area contributed by atoms with Gasteiger partial charge in [0.05, 0.1) is 20.3 Å². The van der Waals surface area contributed by atoms with Gasteiger partial charge in [-0.1, -0.05) is 30.1 Å². The fraction of sp³-hybridized carbons (Fsp3) is 0.500. The Hall–Kier alpha value is -2.34. The standard InChI is InChI=1S/C20H26N2O4/c1-24-11-10-22(20(23)15-6-3-4-7-15)14-17-13-19(26-21-17)16-8-5-9-18(12-16)25-2/h5,8-9,12-13,15H,3-4,6-7,10-11,14H2,1-2H3. The van der Waals surface area contributed by atoms with Crippen LogP contribution in [0.2, 0.25) is 0 Å². The van der Waals surface area contributed by atoms with Gasteiger partial charge in [0, 0.05) is 31.2 Å². The smallest absolute Gasteiger partial charge is 0.226 e. The Bertz CT molecular complexity index is 722. The minimum absolute atomic E-state index is 0.136. The topological polar surface area (TPSA) is 64.8 Å². The molecule has 0 unspecified atom stereocenters. The molecule has 1 aliphatic carbocycles. The molecule has 1 amide bonds. The zero-order chi connectivity index (χ0) is 18.4. The predicted molar refractivity (Wildman–Crippen MR) is 97.7 cm³/mol. The minimum atomic E-state index is 0.136. The van der Waals surface area contributed by atoms with Crippen LogP contribution in [-0.2, 0) is 16.1 Å². The number of methoxy groups -OCH3 is 2. The molecule has 6 nitrogen and oxygen atoms in total. The molecule has 1 aromatic heterocycles. The summed E-state index contributed by atoms with van der Waals surface area (Å²) >= 11 is 0. The Labute approximate surface area is 154 Å². The lowest BCUT2D eigenvalue weighted by Crippen LogP contribution is -2.37. The van der Waals surface area contributed by atoms with Crippen LogP contribution >= 0.6 is 0 Å². The summed E-state index contributed by atoms with van der Waals surface area (Å²) in [5, 5.41) is 4.15.